The van der Waals surface area contributed by atoms with Crippen molar-refractivity contribution in [1.29, 1.82) is 0 Å². The molecule has 6 nitrogen and oxygen atoms in total. The summed E-state index contributed by atoms with van der Waals surface area (Å²) in [7, 11) is 0. The highest BCUT2D eigenvalue weighted by Gasteiger charge is 2.19. The van der Waals surface area contributed by atoms with Crippen molar-refractivity contribution in [3.63, 3.8) is 0 Å². The summed E-state index contributed by atoms with van der Waals surface area (Å²) in [5.74, 6) is -0.994. The van der Waals surface area contributed by atoms with Gasteiger partial charge in [0.2, 0.25) is 0 Å². The predicted octanol–water partition coefficient (Wildman–Crippen LogP) is 20.9. The standard InChI is InChI=1S/C66H116O6/c1-4-7-10-13-16-19-22-25-26-27-28-29-30-31-32-33-34-35-36-37-38-39-42-44-47-50-53-56-59-65(68)71-62-63(72-66(69)60-57-54-51-48-45-41-24-21-18-15-12-9-6-3)61-70-64(67)58-55-52-49-46-43-40-23-20-17-14-11-8-5-2/h9,11-12,14,18,20-21,23,41,45,51,54,63H,4-8,10,13,15-17,19,22,24-40,42-44,46-50,52-53,55-62H2,1-3H3/b12-9-,14-11-,21-18-,23-20-,45-41-,54-51-. The van der Waals surface area contributed by atoms with E-state index in [2.05, 4.69) is 81.5 Å². The Morgan fingerprint density at radius 3 is 0.958 bits per heavy atom. The number of rotatable bonds is 56. The number of hydrogen-bond acceptors (Lipinski definition) is 6. The molecule has 0 aliphatic heterocycles. The highest BCUT2D eigenvalue weighted by atomic mass is 16.6. The third kappa shape index (κ3) is 57.7. The van der Waals surface area contributed by atoms with E-state index < -0.39 is 12.1 Å². The van der Waals surface area contributed by atoms with Crippen molar-refractivity contribution in [1.82, 2.24) is 0 Å². The fraction of sp³-hybridized carbons (Fsp3) is 0.773. The van der Waals surface area contributed by atoms with Crippen molar-refractivity contribution in [2.75, 3.05) is 13.2 Å². The van der Waals surface area contributed by atoms with E-state index in [1.54, 1.807) is 0 Å². The average molecular weight is 1010 g/mol. The molecule has 72 heavy (non-hydrogen) atoms. The maximum atomic E-state index is 12.8. The van der Waals surface area contributed by atoms with Gasteiger partial charge in [0.05, 0.1) is 0 Å². The van der Waals surface area contributed by atoms with E-state index in [0.717, 1.165) is 96.3 Å². The highest BCUT2D eigenvalue weighted by Crippen LogP contribution is 2.17. The third-order valence-corrected chi connectivity index (χ3v) is 13.4. The number of esters is 3. The molecule has 0 aliphatic carbocycles. The van der Waals surface area contributed by atoms with Gasteiger partial charge in [-0.15, -0.1) is 0 Å². The number of hydrogen-bond donors (Lipinski definition) is 0. The Balaban J connectivity index is 4.20. The van der Waals surface area contributed by atoms with Gasteiger partial charge in [0.25, 0.3) is 0 Å². The molecule has 0 spiro atoms. The van der Waals surface area contributed by atoms with Crippen LogP contribution in [0.5, 0.6) is 0 Å². The summed E-state index contributed by atoms with van der Waals surface area (Å²) in [4.78, 5) is 38.1. The first-order valence-corrected chi connectivity index (χ1v) is 30.9. The molecular weight excluding hydrogens is 889 g/mol. The Morgan fingerprint density at radius 2 is 0.597 bits per heavy atom. The molecule has 0 aromatic carbocycles. The zero-order chi connectivity index (χ0) is 52.2. The summed E-state index contributed by atoms with van der Waals surface area (Å²) in [6.07, 6.45) is 78.0. The van der Waals surface area contributed by atoms with Crippen molar-refractivity contribution in [2.24, 2.45) is 0 Å². The predicted molar refractivity (Wildman–Crippen MR) is 311 cm³/mol. The summed E-state index contributed by atoms with van der Waals surface area (Å²) >= 11 is 0. The Bertz CT molecular complexity index is 1340. The second-order valence-electron chi connectivity index (χ2n) is 20.6. The molecule has 0 amide bonds. The second kappa shape index (κ2) is 60.4. The molecule has 1 atom stereocenters. The van der Waals surface area contributed by atoms with Gasteiger partial charge in [0, 0.05) is 19.3 Å². The van der Waals surface area contributed by atoms with Crippen LogP contribution in [0.2, 0.25) is 0 Å². The van der Waals surface area contributed by atoms with Crippen molar-refractivity contribution in [2.45, 2.75) is 316 Å². The summed E-state index contributed by atoms with van der Waals surface area (Å²) in [5.41, 5.74) is 0. The van der Waals surface area contributed by atoms with Crippen LogP contribution in [0.1, 0.15) is 310 Å². The van der Waals surface area contributed by atoms with Crippen molar-refractivity contribution >= 4 is 17.9 Å². The van der Waals surface area contributed by atoms with Crippen LogP contribution < -0.4 is 0 Å². The lowest BCUT2D eigenvalue weighted by atomic mass is 10.0. The summed E-state index contributed by atoms with van der Waals surface area (Å²) in [6, 6.07) is 0. The number of allylic oxidation sites excluding steroid dienone is 12. The molecular formula is C66H116O6. The van der Waals surface area contributed by atoms with E-state index in [-0.39, 0.29) is 31.6 Å². The molecule has 0 fully saturated rings. The Labute approximate surface area is 446 Å². The fourth-order valence-electron chi connectivity index (χ4n) is 8.85. The Hall–Kier alpha value is -3.15. The summed E-state index contributed by atoms with van der Waals surface area (Å²) in [6.45, 7) is 6.42. The molecule has 0 radical (unpaired) electrons. The first-order valence-electron chi connectivity index (χ1n) is 30.9. The molecule has 0 N–H and O–H groups in total. The molecule has 1 unspecified atom stereocenters. The monoisotopic (exact) mass is 1000 g/mol. The largest absolute Gasteiger partial charge is 0.462 e. The lowest BCUT2D eigenvalue weighted by Gasteiger charge is -2.18. The summed E-state index contributed by atoms with van der Waals surface area (Å²) < 4.78 is 16.8. The number of carbonyl (C=O) groups excluding carboxylic acids is 3. The van der Waals surface area contributed by atoms with Gasteiger partial charge in [-0.2, -0.15) is 0 Å². The zero-order valence-corrected chi connectivity index (χ0v) is 47.7. The topological polar surface area (TPSA) is 78.9 Å². The Morgan fingerprint density at radius 1 is 0.292 bits per heavy atom. The molecule has 0 saturated heterocycles. The minimum Gasteiger partial charge on any atom is -0.462 e. The molecule has 0 aliphatic rings. The van der Waals surface area contributed by atoms with Crippen molar-refractivity contribution in [3.8, 4) is 0 Å². The normalized spacial score (nSPS) is 12.5. The molecule has 0 bridgehead atoms. The summed E-state index contributed by atoms with van der Waals surface area (Å²) in [5, 5.41) is 0. The molecule has 6 heteroatoms. The molecule has 0 heterocycles. The minimum absolute atomic E-state index is 0.106. The van der Waals surface area contributed by atoms with E-state index in [4.69, 9.17) is 14.2 Å². The lowest BCUT2D eigenvalue weighted by Crippen LogP contribution is -2.30. The number of carbonyl (C=O) groups is 3. The smallest absolute Gasteiger partial charge is 0.306 e. The van der Waals surface area contributed by atoms with E-state index in [1.807, 2.05) is 12.2 Å². The molecule has 416 valence electrons. The van der Waals surface area contributed by atoms with E-state index in [0.29, 0.717) is 19.3 Å². The highest BCUT2D eigenvalue weighted by molar-refractivity contribution is 5.71. The molecule has 0 aromatic rings. The lowest BCUT2D eigenvalue weighted by molar-refractivity contribution is -0.166. The molecule has 0 rings (SSSR count). The zero-order valence-electron chi connectivity index (χ0n) is 47.7. The van der Waals surface area contributed by atoms with Crippen LogP contribution in [0, 0.1) is 0 Å². The van der Waals surface area contributed by atoms with Crippen LogP contribution >= 0.6 is 0 Å². The fourth-order valence-corrected chi connectivity index (χ4v) is 8.85. The van der Waals surface area contributed by atoms with Crippen molar-refractivity contribution < 1.29 is 28.6 Å². The van der Waals surface area contributed by atoms with Gasteiger partial charge < -0.3 is 14.2 Å². The third-order valence-electron chi connectivity index (χ3n) is 13.4. The van der Waals surface area contributed by atoms with Crippen LogP contribution in [0.4, 0.5) is 0 Å². The van der Waals surface area contributed by atoms with Crippen LogP contribution in [-0.4, -0.2) is 37.2 Å². The molecule has 0 aromatic heterocycles. The first-order chi connectivity index (χ1) is 35.5. The molecule has 0 saturated carbocycles. The van der Waals surface area contributed by atoms with Crippen LogP contribution in [0.3, 0.4) is 0 Å². The maximum Gasteiger partial charge on any atom is 0.306 e. The van der Waals surface area contributed by atoms with Gasteiger partial charge >= 0.3 is 17.9 Å². The van der Waals surface area contributed by atoms with Crippen LogP contribution in [-0.2, 0) is 28.6 Å². The average Bonchev–Trinajstić information content (AvgIpc) is 3.38. The first kappa shape index (κ1) is 68.8. The van der Waals surface area contributed by atoms with E-state index in [9.17, 15) is 14.4 Å². The number of ether oxygens (including phenoxy) is 3. The van der Waals surface area contributed by atoms with E-state index >= 15 is 0 Å². The number of unbranched alkanes of at least 4 members (excludes halogenated alkanes) is 33. The van der Waals surface area contributed by atoms with Crippen LogP contribution in [0.25, 0.3) is 0 Å². The second-order valence-corrected chi connectivity index (χ2v) is 20.6. The minimum atomic E-state index is -0.818. The van der Waals surface area contributed by atoms with Gasteiger partial charge in [-0.05, 0) is 70.6 Å². The van der Waals surface area contributed by atoms with Gasteiger partial charge in [0.15, 0.2) is 6.10 Å². The van der Waals surface area contributed by atoms with Gasteiger partial charge in [-0.3, -0.25) is 14.4 Å². The van der Waals surface area contributed by atoms with Gasteiger partial charge in [0.1, 0.15) is 13.2 Å². The SMILES string of the molecule is CC/C=C\C/C=C\C/C=C\C/C=C\CCC(=O)OC(COC(=O)CCCCCCC/C=C\C/C=C\CCC)COC(=O)CCCCCCCCCCCCCCCCCCCCCCCCCCCCCC. The van der Waals surface area contributed by atoms with Gasteiger partial charge in [-0.1, -0.05) is 293 Å². The Kier molecular flexibility index (Phi) is 57.8. The van der Waals surface area contributed by atoms with Crippen LogP contribution in [0.15, 0.2) is 72.9 Å². The van der Waals surface area contributed by atoms with Gasteiger partial charge in [-0.25, -0.2) is 0 Å². The van der Waals surface area contributed by atoms with Crippen molar-refractivity contribution in [3.05, 3.63) is 72.9 Å². The van der Waals surface area contributed by atoms with E-state index in [1.165, 1.54) is 167 Å². The maximum absolute atomic E-state index is 12.8. The quantitative estimate of drug-likeness (QED) is 0.0261.